The van der Waals surface area contributed by atoms with Crippen LogP contribution in [-0.4, -0.2) is 63.5 Å². The first-order valence-electron chi connectivity index (χ1n) is 16.0. The molecule has 1 unspecified atom stereocenters. The van der Waals surface area contributed by atoms with E-state index in [4.69, 9.17) is 20.9 Å². The van der Waals surface area contributed by atoms with Crippen molar-refractivity contribution in [2.75, 3.05) is 18.0 Å². The molecule has 47 heavy (non-hydrogen) atoms. The number of anilines is 1. The highest BCUT2D eigenvalue weighted by Crippen LogP contribution is 2.27. The van der Waals surface area contributed by atoms with E-state index in [0.29, 0.717) is 39.4 Å². The zero-order chi connectivity index (χ0) is 32.9. The number of hydrogen-bond acceptors (Lipinski definition) is 7. The van der Waals surface area contributed by atoms with Crippen molar-refractivity contribution in [2.45, 2.75) is 63.8 Å². The van der Waals surface area contributed by atoms with Crippen molar-refractivity contribution >= 4 is 40.3 Å². The van der Waals surface area contributed by atoms with Crippen molar-refractivity contribution < 1.29 is 24.2 Å². The van der Waals surface area contributed by atoms with Gasteiger partial charge in [0.05, 0.1) is 23.1 Å². The van der Waals surface area contributed by atoms with Gasteiger partial charge in [0, 0.05) is 29.4 Å². The van der Waals surface area contributed by atoms with Crippen LogP contribution in [0, 0.1) is 5.41 Å². The Kier molecular flexibility index (Phi) is 9.48. The Hall–Kier alpha value is -5.23. The number of hydrogen-bond donors (Lipinski definition) is 5. The number of nitrogens with zero attached hydrogens (tertiary/aromatic N) is 3. The predicted octanol–water partition coefficient (Wildman–Crippen LogP) is 4.06. The van der Waals surface area contributed by atoms with E-state index in [1.165, 1.54) is 30.7 Å². The van der Waals surface area contributed by atoms with E-state index < -0.39 is 5.97 Å². The van der Waals surface area contributed by atoms with Gasteiger partial charge in [-0.2, -0.15) is 0 Å². The average Bonchev–Trinajstić information content (AvgIpc) is 3.71. The van der Waals surface area contributed by atoms with Gasteiger partial charge in [0.1, 0.15) is 30.1 Å². The first-order valence-corrected chi connectivity index (χ1v) is 16.0. The number of rotatable bonds is 11. The number of fused-ring (bicyclic) bond motifs is 1. The molecular formula is C35H39N7O5. The Morgan fingerprint density at radius 2 is 1.68 bits per heavy atom. The summed E-state index contributed by atoms with van der Waals surface area (Å²) in [7, 11) is 0. The van der Waals surface area contributed by atoms with Crippen LogP contribution < -0.4 is 26.0 Å². The molecule has 1 aliphatic carbocycles. The van der Waals surface area contributed by atoms with E-state index in [2.05, 4.69) is 10.6 Å². The molecule has 1 aromatic heterocycles. The maximum absolute atomic E-state index is 14.1. The topological polar surface area (TPSA) is 176 Å². The number of aromatic carboxylic acids is 1. The molecule has 12 heteroatoms. The summed E-state index contributed by atoms with van der Waals surface area (Å²) in [4.78, 5) is 45.4. The van der Waals surface area contributed by atoms with Crippen LogP contribution >= 0.6 is 0 Å². The number of carbonyl (C=O) groups excluding carboxylic acids is 2. The van der Waals surface area contributed by atoms with E-state index in [-0.39, 0.29) is 48.4 Å². The highest BCUT2D eigenvalue weighted by Gasteiger charge is 2.25. The Bertz CT molecular complexity index is 1770. The van der Waals surface area contributed by atoms with E-state index in [9.17, 15) is 19.5 Å². The molecule has 12 nitrogen and oxygen atoms in total. The number of imidazole rings is 1. The molecule has 2 heterocycles. The van der Waals surface area contributed by atoms with E-state index in [0.717, 1.165) is 45.2 Å². The van der Waals surface area contributed by atoms with E-state index in [1.807, 2.05) is 12.1 Å². The summed E-state index contributed by atoms with van der Waals surface area (Å²) in [6.45, 7) is 1.68. The second kappa shape index (κ2) is 14.0. The largest absolute Gasteiger partial charge is 0.489 e. The molecule has 4 aromatic rings. The fourth-order valence-electron chi connectivity index (χ4n) is 6.27. The van der Waals surface area contributed by atoms with Gasteiger partial charge in [0.2, 0.25) is 5.91 Å². The average molecular weight is 638 g/mol. The molecular weight excluding hydrogens is 598 g/mol. The molecule has 1 aliphatic heterocycles. The molecule has 2 amide bonds. The molecule has 6 rings (SSSR count). The molecule has 244 valence electrons. The monoisotopic (exact) mass is 637 g/mol. The predicted molar refractivity (Wildman–Crippen MR) is 178 cm³/mol. The van der Waals surface area contributed by atoms with Crippen LogP contribution in [0.1, 0.15) is 70.6 Å². The SMILES string of the molecule is N=C(N)c1ccc2c(c1)nc(CN(C(=O)c1ccc(C(=O)O)cc1)c1ccc(OC3CCNC3)cc1)n2CC(=O)NC1CCCCC1. The second-order valence-corrected chi connectivity index (χ2v) is 12.1. The lowest BCUT2D eigenvalue weighted by atomic mass is 9.95. The van der Waals surface area contributed by atoms with Gasteiger partial charge in [0.15, 0.2) is 0 Å². The Morgan fingerprint density at radius 3 is 2.34 bits per heavy atom. The van der Waals surface area contributed by atoms with Crippen molar-refractivity contribution in [3.8, 4) is 5.75 Å². The van der Waals surface area contributed by atoms with Crippen LogP contribution in [0.15, 0.2) is 66.7 Å². The summed E-state index contributed by atoms with van der Waals surface area (Å²) in [5.74, 6) is -0.547. The third kappa shape index (κ3) is 7.44. The number of aromatic nitrogens is 2. The smallest absolute Gasteiger partial charge is 0.335 e. The first kappa shape index (κ1) is 31.7. The molecule has 2 fully saturated rings. The first-order chi connectivity index (χ1) is 22.7. The fraction of sp³-hybridized carbons (Fsp3) is 0.343. The second-order valence-electron chi connectivity index (χ2n) is 12.1. The number of amides is 2. The number of amidine groups is 1. The standard InChI is InChI=1S/C35H39N7O5/c36-33(37)24-10-15-30-29(18-24)40-31(42(30)21-32(43)39-25-4-2-1-3-5-25)20-41(34(44)22-6-8-23(9-7-22)35(45)46)26-11-13-27(14-12-26)47-28-16-17-38-19-28/h6-15,18,25,28,38H,1-5,16-17,19-21H2,(H3,36,37)(H,39,43)(H,45,46). The van der Waals surface area contributed by atoms with Crippen molar-refractivity contribution in [3.05, 3.63) is 89.2 Å². The molecule has 1 saturated heterocycles. The summed E-state index contributed by atoms with van der Waals surface area (Å²) < 4.78 is 7.90. The molecule has 0 spiro atoms. The normalized spacial score (nSPS) is 16.6. The summed E-state index contributed by atoms with van der Waals surface area (Å²) in [5.41, 5.74) is 8.43. The molecule has 3 aromatic carbocycles. The number of nitrogens with two attached hydrogens (primary N) is 1. The van der Waals surface area contributed by atoms with Crippen LogP contribution in [0.4, 0.5) is 5.69 Å². The number of ether oxygens (including phenoxy) is 1. The van der Waals surface area contributed by atoms with Gasteiger partial charge in [-0.25, -0.2) is 9.78 Å². The number of nitrogen functional groups attached to an aromatic ring is 1. The maximum Gasteiger partial charge on any atom is 0.335 e. The minimum Gasteiger partial charge on any atom is -0.489 e. The quantitative estimate of drug-likeness (QED) is 0.121. The lowest BCUT2D eigenvalue weighted by Gasteiger charge is -2.25. The van der Waals surface area contributed by atoms with E-state index >= 15 is 0 Å². The highest BCUT2D eigenvalue weighted by atomic mass is 16.5. The van der Waals surface area contributed by atoms with Gasteiger partial charge in [0.25, 0.3) is 5.91 Å². The summed E-state index contributed by atoms with van der Waals surface area (Å²) in [5, 5.41) is 23.7. The molecule has 1 atom stereocenters. The van der Waals surface area contributed by atoms with Crippen molar-refractivity contribution in [3.63, 3.8) is 0 Å². The Labute approximate surface area is 272 Å². The lowest BCUT2D eigenvalue weighted by Crippen LogP contribution is -2.38. The van der Waals surface area contributed by atoms with Gasteiger partial charge >= 0.3 is 5.97 Å². The summed E-state index contributed by atoms with van der Waals surface area (Å²) in [6, 6.07) is 18.4. The number of carbonyl (C=O) groups is 3. The van der Waals surface area contributed by atoms with Crippen molar-refractivity contribution in [1.29, 1.82) is 5.41 Å². The third-order valence-corrected chi connectivity index (χ3v) is 8.80. The van der Waals surface area contributed by atoms with Crippen molar-refractivity contribution in [1.82, 2.24) is 20.2 Å². The number of nitrogens with one attached hydrogen (secondary N) is 3. The minimum atomic E-state index is -1.08. The van der Waals surface area contributed by atoms with Crippen molar-refractivity contribution in [2.24, 2.45) is 5.73 Å². The zero-order valence-corrected chi connectivity index (χ0v) is 26.1. The number of benzene rings is 3. The van der Waals surface area contributed by atoms with Crippen LogP contribution in [0.3, 0.4) is 0 Å². The molecule has 0 bridgehead atoms. The van der Waals surface area contributed by atoms with E-state index in [1.54, 1.807) is 39.8 Å². The number of carboxylic acid groups (broad SMARTS) is 1. The third-order valence-electron chi connectivity index (χ3n) is 8.80. The van der Waals surface area contributed by atoms with Gasteiger partial charge in [-0.05, 0) is 92.5 Å². The maximum atomic E-state index is 14.1. The summed E-state index contributed by atoms with van der Waals surface area (Å²) in [6.07, 6.45) is 6.24. The van der Waals surface area contributed by atoms with Gasteiger partial charge < -0.3 is 35.7 Å². The van der Waals surface area contributed by atoms with Crippen LogP contribution in [0.2, 0.25) is 0 Å². The zero-order valence-electron chi connectivity index (χ0n) is 26.1. The lowest BCUT2D eigenvalue weighted by molar-refractivity contribution is -0.122. The van der Waals surface area contributed by atoms with Gasteiger partial charge in [-0.3, -0.25) is 15.0 Å². The van der Waals surface area contributed by atoms with Crippen LogP contribution in [0.5, 0.6) is 5.75 Å². The van der Waals surface area contributed by atoms with Crippen LogP contribution in [0.25, 0.3) is 11.0 Å². The van der Waals surface area contributed by atoms with Crippen LogP contribution in [-0.2, 0) is 17.9 Å². The molecule has 6 N–H and O–H groups in total. The Balaban J connectivity index is 1.35. The molecule has 2 aliphatic rings. The highest BCUT2D eigenvalue weighted by molar-refractivity contribution is 6.06. The fourth-order valence-corrected chi connectivity index (χ4v) is 6.27. The molecule has 1 saturated carbocycles. The summed E-state index contributed by atoms with van der Waals surface area (Å²) >= 11 is 0. The minimum absolute atomic E-state index is 0.000702. The number of carboxylic acids is 1. The van der Waals surface area contributed by atoms with Gasteiger partial charge in [-0.1, -0.05) is 19.3 Å². The Morgan fingerprint density at radius 1 is 0.979 bits per heavy atom. The molecule has 0 radical (unpaired) electrons. The van der Waals surface area contributed by atoms with Gasteiger partial charge in [-0.15, -0.1) is 0 Å².